The van der Waals surface area contributed by atoms with Crippen LogP contribution in [0.15, 0.2) is 42.5 Å². The fourth-order valence-corrected chi connectivity index (χ4v) is 3.21. The standard InChI is InChI=1S/C19H25N5O/c20-16-8-4-7-15(16)13-19(25)22-12-11-21-18-10-9-17(23-24-18)14-5-2-1-3-6-14/h1-3,5-6,9-10,15-16H,4,7-8,11-13,20H2,(H,21,24)(H,22,25)/t15-,16+/m0/s1. The van der Waals surface area contributed by atoms with E-state index in [1.54, 1.807) is 0 Å². The Kier molecular flexibility index (Phi) is 5.95. The molecule has 0 unspecified atom stereocenters. The molecule has 2 atom stereocenters. The Hall–Kier alpha value is -2.47. The fourth-order valence-electron chi connectivity index (χ4n) is 3.21. The van der Waals surface area contributed by atoms with E-state index in [1.165, 1.54) is 0 Å². The molecule has 6 heteroatoms. The Morgan fingerprint density at radius 1 is 1.08 bits per heavy atom. The first-order chi connectivity index (χ1) is 12.2. The largest absolute Gasteiger partial charge is 0.367 e. The molecule has 1 saturated carbocycles. The summed E-state index contributed by atoms with van der Waals surface area (Å²) < 4.78 is 0. The lowest BCUT2D eigenvalue weighted by Gasteiger charge is -2.14. The molecule has 0 bridgehead atoms. The van der Waals surface area contributed by atoms with Crippen molar-refractivity contribution >= 4 is 11.7 Å². The number of benzene rings is 1. The zero-order valence-corrected chi connectivity index (χ0v) is 14.3. The Morgan fingerprint density at radius 3 is 2.60 bits per heavy atom. The van der Waals surface area contributed by atoms with E-state index in [0.717, 1.165) is 30.5 Å². The number of carbonyl (C=O) groups is 1. The quantitative estimate of drug-likeness (QED) is 0.673. The van der Waals surface area contributed by atoms with E-state index in [0.29, 0.717) is 31.2 Å². The summed E-state index contributed by atoms with van der Waals surface area (Å²) in [4.78, 5) is 11.9. The van der Waals surface area contributed by atoms with Crippen LogP contribution in [0.1, 0.15) is 25.7 Å². The molecule has 132 valence electrons. The second kappa shape index (κ2) is 8.58. The van der Waals surface area contributed by atoms with Crippen molar-refractivity contribution in [1.82, 2.24) is 15.5 Å². The summed E-state index contributed by atoms with van der Waals surface area (Å²) in [6.07, 6.45) is 3.78. The SMILES string of the molecule is N[C@@H]1CCC[C@H]1CC(=O)NCCNc1ccc(-c2ccccc2)nn1. The molecule has 0 saturated heterocycles. The third kappa shape index (κ3) is 5.00. The summed E-state index contributed by atoms with van der Waals surface area (Å²) >= 11 is 0. The molecule has 1 aliphatic carbocycles. The Bertz CT molecular complexity index is 674. The highest BCUT2D eigenvalue weighted by Gasteiger charge is 2.25. The van der Waals surface area contributed by atoms with Gasteiger partial charge >= 0.3 is 0 Å². The molecular weight excluding hydrogens is 314 g/mol. The fraction of sp³-hybridized carbons (Fsp3) is 0.421. The average molecular weight is 339 g/mol. The van der Waals surface area contributed by atoms with Gasteiger partial charge in [-0.25, -0.2) is 0 Å². The molecule has 0 spiro atoms. The zero-order valence-electron chi connectivity index (χ0n) is 14.3. The highest BCUT2D eigenvalue weighted by molar-refractivity contribution is 5.76. The van der Waals surface area contributed by atoms with Crippen LogP contribution in [0.4, 0.5) is 5.82 Å². The summed E-state index contributed by atoms with van der Waals surface area (Å²) in [6.45, 7) is 1.17. The van der Waals surface area contributed by atoms with Crippen molar-refractivity contribution in [2.45, 2.75) is 31.7 Å². The monoisotopic (exact) mass is 339 g/mol. The van der Waals surface area contributed by atoms with E-state index in [9.17, 15) is 4.79 Å². The van der Waals surface area contributed by atoms with Gasteiger partial charge in [0.05, 0.1) is 5.69 Å². The minimum Gasteiger partial charge on any atom is -0.367 e. The van der Waals surface area contributed by atoms with Crippen molar-refractivity contribution in [3.8, 4) is 11.3 Å². The maximum absolute atomic E-state index is 11.9. The average Bonchev–Trinajstić information content (AvgIpc) is 3.05. The van der Waals surface area contributed by atoms with Gasteiger partial charge < -0.3 is 16.4 Å². The molecule has 1 heterocycles. The topological polar surface area (TPSA) is 92.9 Å². The highest BCUT2D eigenvalue weighted by atomic mass is 16.1. The molecule has 1 aromatic carbocycles. The van der Waals surface area contributed by atoms with Crippen LogP contribution in [0.3, 0.4) is 0 Å². The number of nitrogens with one attached hydrogen (secondary N) is 2. The van der Waals surface area contributed by atoms with Crippen LogP contribution >= 0.6 is 0 Å². The number of amides is 1. The number of anilines is 1. The van der Waals surface area contributed by atoms with Gasteiger partial charge in [0.2, 0.25) is 5.91 Å². The molecule has 0 radical (unpaired) electrons. The number of rotatable bonds is 7. The number of carbonyl (C=O) groups excluding carboxylic acids is 1. The summed E-state index contributed by atoms with van der Waals surface area (Å²) in [5.41, 5.74) is 7.89. The zero-order chi connectivity index (χ0) is 17.5. The molecule has 1 amide bonds. The molecule has 6 nitrogen and oxygen atoms in total. The first-order valence-electron chi connectivity index (χ1n) is 8.87. The first-order valence-corrected chi connectivity index (χ1v) is 8.87. The van der Waals surface area contributed by atoms with Crippen molar-refractivity contribution in [2.24, 2.45) is 11.7 Å². The van der Waals surface area contributed by atoms with Gasteiger partial charge in [-0.05, 0) is 30.9 Å². The van der Waals surface area contributed by atoms with Crippen LogP contribution in [-0.2, 0) is 4.79 Å². The lowest BCUT2D eigenvalue weighted by Crippen LogP contribution is -2.33. The van der Waals surface area contributed by atoms with Gasteiger partial charge in [-0.3, -0.25) is 4.79 Å². The summed E-state index contributed by atoms with van der Waals surface area (Å²) in [5, 5.41) is 14.5. The smallest absolute Gasteiger partial charge is 0.220 e. The van der Waals surface area contributed by atoms with Gasteiger partial charge in [0.1, 0.15) is 5.82 Å². The maximum atomic E-state index is 11.9. The molecule has 1 aliphatic rings. The number of hydrogen-bond acceptors (Lipinski definition) is 5. The highest BCUT2D eigenvalue weighted by Crippen LogP contribution is 2.26. The summed E-state index contributed by atoms with van der Waals surface area (Å²) in [5.74, 6) is 1.12. The molecule has 2 aromatic rings. The van der Waals surface area contributed by atoms with Gasteiger partial charge in [0.15, 0.2) is 0 Å². The number of aromatic nitrogens is 2. The van der Waals surface area contributed by atoms with Gasteiger partial charge in [-0.2, -0.15) is 0 Å². The van der Waals surface area contributed by atoms with Crippen molar-refractivity contribution < 1.29 is 4.79 Å². The van der Waals surface area contributed by atoms with Crippen LogP contribution in [-0.4, -0.2) is 35.2 Å². The maximum Gasteiger partial charge on any atom is 0.220 e. The number of nitrogens with two attached hydrogens (primary N) is 1. The second-order valence-corrected chi connectivity index (χ2v) is 6.51. The van der Waals surface area contributed by atoms with Gasteiger partial charge in [-0.1, -0.05) is 36.8 Å². The van der Waals surface area contributed by atoms with E-state index in [1.807, 2.05) is 42.5 Å². The lowest BCUT2D eigenvalue weighted by molar-refractivity contribution is -0.122. The van der Waals surface area contributed by atoms with E-state index < -0.39 is 0 Å². The van der Waals surface area contributed by atoms with Gasteiger partial charge in [-0.15, -0.1) is 10.2 Å². The van der Waals surface area contributed by atoms with Crippen LogP contribution in [0.25, 0.3) is 11.3 Å². The number of hydrogen-bond donors (Lipinski definition) is 3. The van der Waals surface area contributed by atoms with E-state index >= 15 is 0 Å². The molecular formula is C19H25N5O. The molecule has 1 fully saturated rings. The second-order valence-electron chi connectivity index (χ2n) is 6.51. The van der Waals surface area contributed by atoms with Gasteiger partial charge in [0.25, 0.3) is 0 Å². The Labute approximate surface area is 148 Å². The Morgan fingerprint density at radius 2 is 1.92 bits per heavy atom. The summed E-state index contributed by atoms with van der Waals surface area (Å²) in [7, 11) is 0. The molecule has 25 heavy (non-hydrogen) atoms. The minimum absolute atomic E-state index is 0.0784. The Balaban J connectivity index is 1.38. The molecule has 3 rings (SSSR count). The lowest BCUT2D eigenvalue weighted by atomic mass is 10.00. The van der Waals surface area contributed by atoms with E-state index in [-0.39, 0.29) is 11.9 Å². The summed E-state index contributed by atoms with van der Waals surface area (Å²) in [6, 6.07) is 13.9. The van der Waals surface area contributed by atoms with Crippen molar-refractivity contribution in [2.75, 3.05) is 18.4 Å². The van der Waals surface area contributed by atoms with Crippen molar-refractivity contribution in [3.63, 3.8) is 0 Å². The third-order valence-corrected chi connectivity index (χ3v) is 4.65. The van der Waals surface area contributed by atoms with E-state index in [4.69, 9.17) is 5.73 Å². The van der Waals surface area contributed by atoms with Crippen LogP contribution in [0.5, 0.6) is 0 Å². The van der Waals surface area contributed by atoms with Crippen molar-refractivity contribution in [3.05, 3.63) is 42.5 Å². The van der Waals surface area contributed by atoms with Crippen LogP contribution in [0.2, 0.25) is 0 Å². The minimum atomic E-state index is 0.0784. The normalized spacial score (nSPS) is 19.6. The van der Waals surface area contributed by atoms with Crippen LogP contribution in [0, 0.1) is 5.92 Å². The van der Waals surface area contributed by atoms with Crippen molar-refractivity contribution in [1.29, 1.82) is 0 Å². The number of nitrogens with zero attached hydrogens (tertiary/aromatic N) is 2. The van der Waals surface area contributed by atoms with Gasteiger partial charge in [0, 0.05) is 31.1 Å². The molecule has 1 aromatic heterocycles. The molecule has 0 aliphatic heterocycles. The molecule has 4 N–H and O–H groups in total. The van der Waals surface area contributed by atoms with E-state index in [2.05, 4.69) is 20.8 Å². The third-order valence-electron chi connectivity index (χ3n) is 4.65. The predicted octanol–water partition coefficient (Wildman–Crippen LogP) is 2.19. The predicted molar refractivity (Wildman–Crippen MR) is 98.9 cm³/mol. The first kappa shape index (κ1) is 17.4. The van der Waals surface area contributed by atoms with Crippen LogP contribution < -0.4 is 16.4 Å².